The number of hydrogen-bond acceptors (Lipinski definition) is 5. The van der Waals surface area contributed by atoms with Crippen LogP contribution in [0.1, 0.15) is 0 Å². The topological polar surface area (TPSA) is 77.5 Å². The highest BCUT2D eigenvalue weighted by Gasteiger charge is 2.12. The van der Waals surface area contributed by atoms with Crippen molar-refractivity contribution >= 4 is 23.8 Å². The van der Waals surface area contributed by atoms with Gasteiger partial charge in [-0.15, -0.1) is 0 Å². The van der Waals surface area contributed by atoms with Crippen LogP contribution < -0.4 is 14.8 Å². The SMILES string of the molecule is O=C(NC(=O)Oc1cc(Cl)ccn1)Oc1ccccc1. The molecular formula is C13H9ClN2O4. The molecule has 0 fully saturated rings. The zero-order chi connectivity index (χ0) is 14.4. The lowest BCUT2D eigenvalue weighted by atomic mass is 10.3. The first-order valence-corrected chi connectivity index (χ1v) is 5.88. The minimum absolute atomic E-state index is 0.0255. The van der Waals surface area contributed by atoms with Gasteiger partial charge in [-0.3, -0.25) is 0 Å². The molecular weight excluding hydrogens is 284 g/mol. The van der Waals surface area contributed by atoms with Crippen molar-refractivity contribution in [3.05, 3.63) is 53.7 Å². The maximum Gasteiger partial charge on any atom is 0.423 e. The molecule has 1 aromatic heterocycles. The lowest BCUT2D eigenvalue weighted by molar-refractivity contribution is 0.180. The van der Waals surface area contributed by atoms with Crippen molar-refractivity contribution in [3.8, 4) is 11.6 Å². The summed E-state index contributed by atoms with van der Waals surface area (Å²) in [6.07, 6.45) is -0.600. The molecule has 6 nitrogen and oxygen atoms in total. The van der Waals surface area contributed by atoms with E-state index in [2.05, 4.69) is 4.98 Å². The van der Waals surface area contributed by atoms with Crippen molar-refractivity contribution < 1.29 is 19.1 Å². The molecule has 0 atom stereocenters. The number of imide groups is 1. The molecule has 0 saturated carbocycles. The van der Waals surface area contributed by atoms with Gasteiger partial charge in [0.05, 0.1) is 0 Å². The smallest absolute Gasteiger partial charge is 0.410 e. The van der Waals surface area contributed by atoms with E-state index in [1.807, 2.05) is 5.32 Å². The molecule has 0 aliphatic carbocycles. The summed E-state index contributed by atoms with van der Waals surface area (Å²) in [6.45, 7) is 0. The van der Waals surface area contributed by atoms with E-state index in [1.165, 1.54) is 18.3 Å². The molecule has 1 aromatic carbocycles. The molecule has 2 amide bonds. The molecule has 1 heterocycles. The van der Waals surface area contributed by atoms with Crippen LogP contribution in [0.4, 0.5) is 9.59 Å². The number of carbonyl (C=O) groups is 2. The summed E-state index contributed by atoms with van der Waals surface area (Å²) in [5.74, 6) is 0.279. The Morgan fingerprint density at radius 2 is 1.75 bits per heavy atom. The van der Waals surface area contributed by atoms with Gasteiger partial charge in [-0.1, -0.05) is 29.8 Å². The zero-order valence-corrected chi connectivity index (χ0v) is 10.8. The Bertz CT molecular complexity index is 619. The minimum atomic E-state index is -1.01. The maximum absolute atomic E-state index is 11.4. The van der Waals surface area contributed by atoms with Crippen LogP contribution >= 0.6 is 11.6 Å². The van der Waals surface area contributed by atoms with E-state index in [1.54, 1.807) is 30.3 Å². The number of hydrogen-bond donors (Lipinski definition) is 1. The van der Waals surface area contributed by atoms with Gasteiger partial charge in [0.2, 0.25) is 5.88 Å². The van der Waals surface area contributed by atoms with Crippen LogP contribution in [0, 0.1) is 0 Å². The van der Waals surface area contributed by atoms with Crippen molar-refractivity contribution in [3.63, 3.8) is 0 Å². The standard InChI is InChI=1S/C13H9ClN2O4/c14-9-6-7-15-11(8-9)20-13(18)16-12(17)19-10-4-2-1-3-5-10/h1-8H,(H,16,17,18). The third kappa shape index (κ3) is 4.25. The first-order chi connectivity index (χ1) is 9.63. The number of nitrogens with one attached hydrogen (secondary N) is 1. The lowest BCUT2D eigenvalue weighted by Gasteiger charge is -2.06. The summed E-state index contributed by atoms with van der Waals surface area (Å²) in [6, 6.07) is 11.2. The third-order valence-corrected chi connectivity index (χ3v) is 2.29. The quantitative estimate of drug-likeness (QED) is 0.920. The van der Waals surface area contributed by atoms with Crippen molar-refractivity contribution in [1.29, 1.82) is 0 Å². The Labute approximate surface area is 119 Å². The molecule has 7 heteroatoms. The van der Waals surface area contributed by atoms with Gasteiger partial charge in [0.25, 0.3) is 0 Å². The van der Waals surface area contributed by atoms with E-state index in [0.29, 0.717) is 10.8 Å². The summed E-state index contributed by atoms with van der Waals surface area (Å²) in [7, 11) is 0. The summed E-state index contributed by atoms with van der Waals surface area (Å²) in [5.41, 5.74) is 0. The molecule has 0 saturated heterocycles. The van der Waals surface area contributed by atoms with E-state index in [-0.39, 0.29) is 5.88 Å². The molecule has 0 aliphatic heterocycles. The van der Waals surface area contributed by atoms with Crippen LogP contribution in [-0.4, -0.2) is 17.2 Å². The van der Waals surface area contributed by atoms with Gasteiger partial charge in [-0.05, 0) is 18.2 Å². The number of pyridine rings is 1. The van der Waals surface area contributed by atoms with Crippen LogP contribution in [0.25, 0.3) is 0 Å². The predicted octanol–water partition coefficient (Wildman–Crippen LogP) is 3.02. The molecule has 0 spiro atoms. The fourth-order valence-corrected chi connectivity index (χ4v) is 1.42. The Morgan fingerprint density at radius 1 is 1.05 bits per heavy atom. The third-order valence-electron chi connectivity index (χ3n) is 2.05. The van der Waals surface area contributed by atoms with Gasteiger partial charge in [0.1, 0.15) is 5.75 Å². The largest absolute Gasteiger partial charge is 0.423 e. The molecule has 0 aliphatic rings. The van der Waals surface area contributed by atoms with Crippen molar-refractivity contribution in [2.24, 2.45) is 0 Å². The van der Waals surface area contributed by atoms with Crippen LogP contribution in [0.3, 0.4) is 0 Å². The number of para-hydroxylation sites is 1. The van der Waals surface area contributed by atoms with E-state index in [0.717, 1.165) is 0 Å². The summed E-state index contributed by atoms with van der Waals surface area (Å²) in [5, 5.41) is 2.25. The Kier molecular flexibility index (Phi) is 4.52. The fraction of sp³-hybridized carbons (Fsp3) is 0. The first kappa shape index (κ1) is 13.8. The average Bonchev–Trinajstić information content (AvgIpc) is 2.39. The van der Waals surface area contributed by atoms with Gasteiger partial charge < -0.3 is 9.47 Å². The number of nitrogens with zero attached hydrogens (tertiary/aromatic N) is 1. The molecule has 2 rings (SSSR count). The van der Waals surface area contributed by atoms with Gasteiger partial charge in [0, 0.05) is 17.3 Å². The second-order valence-corrected chi connectivity index (χ2v) is 3.97. The van der Waals surface area contributed by atoms with E-state index in [9.17, 15) is 9.59 Å². The van der Waals surface area contributed by atoms with E-state index >= 15 is 0 Å². The Hall–Kier alpha value is -2.60. The average molecular weight is 293 g/mol. The maximum atomic E-state index is 11.4. The first-order valence-electron chi connectivity index (χ1n) is 5.51. The van der Waals surface area contributed by atoms with E-state index < -0.39 is 12.2 Å². The molecule has 2 aromatic rings. The molecule has 0 unspecified atom stereocenters. The summed E-state index contributed by atoms with van der Waals surface area (Å²) in [4.78, 5) is 26.6. The Balaban J connectivity index is 1.87. The number of halogens is 1. The zero-order valence-electron chi connectivity index (χ0n) is 10.1. The van der Waals surface area contributed by atoms with Gasteiger partial charge >= 0.3 is 12.2 Å². The normalized spacial score (nSPS) is 9.65. The molecule has 0 radical (unpaired) electrons. The monoisotopic (exact) mass is 292 g/mol. The van der Waals surface area contributed by atoms with Crippen LogP contribution in [0.15, 0.2) is 48.7 Å². The van der Waals surface area contributed by atoms with Crippen molar-refractivity contribution in [2.45, 2.75) is 0 Å². The van der Waals surface area contributed by atoms with Crippen molar-refractivity contribution in [2.75, 3.05) is 0 Å². The van der Waals surface area contributed by atoms with Crippen molar-refractivity contribution in [1.82, 2.24) is 10.3 Å². The fourth-order valence-electron chi connectivity index (χ4n) is 1.27. The molecule has 102 valence electrons. The summed E-state index contributed by atoms with van der Waals surface area (Å²) < 4.78 is 9.61. The number of aromatic nitrogens is 1. The highest BCUT2D eigenvalue weighted by atomic mass is 35.5. The number of benzene rings is 1. The lowest BCUT2D eigenvalue weighted by Crippen LogP contribution is -2.35. The van der Waals surface area contributed by atoms with E-state index in [4.69, 9.17) is 21.1 Å². The second-order valence-electron chi connectivity index (χ2n) is 3.53. The number of ether oxygens (including phenoxy) is 2. The van der Waals surface area contributed by atoms with Crippen LogP contribution in [0.2, 0.25) is 5.02 Å². The molecule has 0 bridgehead atoms. The highest BCUT2D eigenvalue weighted by Crippen LogP contribution is 2.13. The van der Waals surface area contributed by atoms with Crippen LogP contribution in [-0.2, 0) is 0 Å². The highest BCUT2D eigenvalue weighted by molar-refractivity contribution is 6.30. The van der Waals surface area contributed by atoms with Crippen LogP contribution in [0.5, 0.6) is 11.6 Å². The number of carbonyl (C=O) groups excluding carboxylic acids is 2. The predicted molar refractivity (Wildman–Crippen MR) is 70.9 cm³/mol. The molecule has 1 N–H and O–H groups in total. The Morgan fingerprint density at radius 3 is 2.45 bits per heavy atom. The van der Waals surface area contributed by atoms with Gasteiger partial charge in [0.15, 0.2) is 0 Å². The van der Waals surface area contributed by atoms with Gasteiger partial charge in [-0.25, -0.2) is 19.9 Å². The minimum Gasteiger partial charge on any atom is -0.410 e. The second kappa shape index (κ2) is 6.53. The number of amides is 2. The van der Waals surface area contributed by atoms with Gasteiger partial charge in [-0.2, -0.15) is 0 Å². The number of rotatable bonds is 2. The summed E-state index contributed by atoms with van der Waals surface area (Å²) >= 11 is 5.70. The molecule has 20 heavy (non-hydrogen) atoms.